The number of nitrogen functional groups attached to an aromatic ring is 1. The van der Waals surface area contributed by atoms with Gasteiger partial charge in [0, 0.05) is 30.2 Å². The Morgan fingerprint density at radius 1 is 1.10 bits per heavy atom. The Bertz CT molecular complexity index is 650. The number of likely N-dealkylation sites (tertiary alicyclic amines) is 1. The highest BCUT2D eigenvalue weighted by atomic mass is 15.3. The summed E-state index contributed by atoms with van der Waals surface area (Å²) in [7, 11) is 0. The molecule has 21 heavy (non-hydrogen) atoms. The smallest absolute Gasteiger partial charge is 0.139 e. The molecule has 0 radical (unpaired) electrons. The Balaban J connectivity index is 1.62. The third kappa shape index (κ3) is 2.31. The van der Waals surface area contributed by atoms with Crippen LogP contribution in [0, 0.1) is 0 Å². The van der Waals surface area contributed by atoms with Crippen molar-refractivity contribution >= 4 is 22.4 Å². The van der Waals surface area contributed by atoms with Gasteiger partial charge in [0.1, 0.15) is 12.1 Å². The number of nitrogens with two attached hydrogens (primary N) is 1. The average molecular weight is 283 g/mol. The molecule has 2 aliphatic rings. The number of benzene rings is 1. The minimum atomic E-state index is 0.686. The van der Waals surface area contributed by atoms with Gasteiger partial charge < -0.3 is 10.6 Å². The highest BCUT2D eigenvalue weighted by molar-refractivity contribution is 5.91. The predicted octanol–water partition coefficient (Wildman–Crippen LogP) is 1.89. The van der Waals surface area contributed by atoms with Crippen LogP contribution in [0.3, 0.4) is 0 Å². The minimum Gasteiger partial charge on any atom is -0.399 e. The van der Waals surface area contributed by atoms with Gasteiger partial charge in [-0.15, -0.1) is 0 Å². The molecule has 5 nitrogen and oxygen atoms in total. The molecule has 3 heterocycles. The fourth-order valence-corrected chi connectivity index (χ4v) is 3.65. The maximum Gasteiger partial charge on any atom is 0.139 e. The lowest BCUT2D eigenvalue weighted by molar-refractivity contribution is 0.260. The number of rotatable bonds is 2. The first-order valence-corrected chi connectivity index (χ1v) is 7.80. The molecule has 4 rings (SSSR count). The third-order valence-corrected chi connectivity index (χ3v) is 4.76. The maximum absolute atomic E-state index is 5.85. The largest absolute Gasteiger partial charge is 0.399 e. The molecule has 0 spiro atoms. The van der Waals surface area contributed by atoms with Crippen LogP contribution in [0.1, 0.15) is 19.3 Å². The van der Waals surface area contributed by atoms with E-state index in [0.717, 1.165) is 35.5 Å². The van der Waals surface area contributed by atoms with E-state index < -0.39 is 0 Å². The summed E-state index contributed by atoms with van der Waals surface area (Å²) in [5.41, 5.74) is 7.54. The fraction of sp³-hybridized carbons (Fsp3) is 0.500. The normalized spacial score (nSPS) is 23.2. The van der Waals surface area contributed by atoms with Gasteiger partial charge in [0.15, 0.2) is 0 Å². The van der Waals surface area contributed by atoms with E-state index in [1.165, 1.54) is 32.4 Å². The lowest BCUT2D eigenvalue weighted by Gasteiger charge is -2.24. The van der Waals surface area contributed by atoms with Gasteiger partial charge in [0.05, 0.1) is 5.52 Å². The highest BCUT2D eigenvalue weighted by Crippen LogP contribution is 2.29. The second kappa shape index (κ2) is 5.15. The first-order valence-electron chi connectivity index (χ1n) is 7.80. The molecule has 2 saturated heterocycles. The van der Waals surface area contributed by atoms with Gasteiger partial charge in [-0.3, -0.25) is 4.90 Å². The molecule has 0 saturated carbocycles. The summed E-state index contributed by atoms with van der Waals surface area (Å²) in [6.07, 6.45) is 5.60. The van der Waals surface area contributed by atoms with Gasteiger partial charge in [-0.2, -0.15) is 0 Å². The molecular weight excluding hydrogens is 262 g/mol. The predicted molar refractivity (Wildman–Crippen MR) is 85.4 cm³/mol. The fourth-order valence-electron chi connectivity index (χ4n) is 3.65. The molecular formula is C16H21N5. The van der Waals surface area contributed by atoms with Gasteiger partial charge in [0.2, 0.25) is 0 Å². The van der Waals surface area contributed by atoms with Gasteiger partial charge in [-0.1, -0.05) is 0 Å². The molecule has 1 atom stereocenters. The Kier molecular flexibility index (Phi) is 3.15. The van der Waals surface area contributed by atoms with Crippen LogP contribution in [0.25, 0.3) is 10.9 Å². The second-order valence-electron chi connectivity index (χ2n) is 6.11. The monoisotopic (exact) mass is 283 g/mol. The van der Waals surface area contributed by atoms with Crippen molar-refractivity contribution in [1.82, 2.24) is 14.9 Å². The van der Waals surface area contributed by atoms with E-state index in [2.05, 4.69) is 19.8 Å². The summed E-state index contributed by atoms with van der Waals surface area (Å²) in [6.45, 7) is 4.69. The van der Waals surface area contributed by atoms with Crippen LogP contribution in [-0.4, -0.2) is 47.1 Å². The van der Waals surface area contributed by atoms with Crippen molar-refractivity contribution in [2.24, 2.45) is 0 Å². The molecule has 5 heteroatoms. The van der Waals surface area contributed by atoms with Crippen LogP contribution in [0.5, 0.6) is 0 Å². The first kappa shape index (κ1) is 12.8. The molecule has 2 fully saturated rings. The number of hydrogen-bond donors (Lipinski definition) is 1. The van der Waals surface area contributed by atoms with E-state index in [-0.39, 0.29) is 0 Å². The van der Waals surface area contributed by atoms with Gasteiger partial charge in [0.25, 0.3) is 0 Å². The van der Waals surface area contributed by atoms with Crippen molar-refractivity contribution in [3.05, 3.63) is 24.5 Å². The summed E-state index contributed by atoms with van der Waals surface area (Å²) in [5.74, 6) is 1.06. The Morgan fingerprint density at radius 3 is 2.81 bits per heavy atom. The van der Waals surface area contributed by atoms with Crippen molar-refractivity contribution in [3.8, 4) is 0 Å². The highest BCUT2D eigenvalue weighted by Gasteiger charge is 2.30. The minimum absolute atomic E-state index is 0.686. The Labute approximate surface area is 124 Å². The van der Waals surface area contributed by atoms with Crippen molar-refractivity contribution in [2.45, 2.75) is 25.3 Å². The Morgan fingerprint density at radius 2 is 1.95 bits per heavy atom. The quantitative estimate of drug-likeness (QED) is 0.853. The van der Waals surface area contributed by atoms with Crippen molar-refractivity contribution in [1.29, 1.82) is 0 Å². The molecule has 2 aliphatic heterocycles. The van der Waals surface area contributed by atoms with Crippen molar-refractivity contribution in [3.63, 3.8) is 0 Å². The summed E-state index contributed by atoms with van der Waals surface area (Å²) in [6, 6.07) is 6.59. The van der Waals surface area contributed by atoms with Gasteiger partial charge in [-0.25, -0.2) is 9.97 Å². The third-order valence-electron chi connectivity index (χ3n) is 4.76. The number of aromatic nitrogens is 2. The zero-order valence-electron chi connectivity index (χ0n) is 12.2. The molecule has 2 aromatic rings. The van der Waals surface area contributed by atoms with E-state index in [1.54, 1.807) is 6.33 Å². The Hall–Kier alpha value is -1.88. The number of nitrogens with zero attached hydrogens (tertiary/aromatic N) is 4. The van der Waals surface area contributed by atoms with Crippen LogP contribution >= 0.6 is 0 Å². The van der Waals surface area contributed by atoms with Crippen LogP contribution < -0.4 is 10.6 Å². The molecule has 0 aliphatic carbocycles. The van der Waals surface area contributed by atoms with Crippen LogP contribution in [0.15, 0.2) is 24.5 Å². The zero-order chi connectivity index (χ0) is 14.2. The summed E-state index contributed by atoms with van der Waals surface area (Å²) in [4.78, 5) is 13.9. The maximum atomic E-state index is 5.85. The number of anilines is 2. The SMILES string of the molecule is Nc1ccc2c(N3CCC(N4CCCC4)C3)ncnc2c1. The van der Waals surface area contributed by atoms with Gasteiger partial charge in [-0.05, 0) is 50.6 Å². The number of fused-ring (bicyclic) bond motifs is 1. The van der Waals surface area contributed by atoms with Crippen molar-refractivity contribution in [2.75, 3.05) is 36.8 Å². The molecule has 2 N–H and O–H groups in total. The standard InChI is InChI=1S/C16H21N5/c17-12-3-4-14-15(9-12)18-11-19-16(14)21-8-5-13(10-21)20-6-1-2-7-20/h3-4,9,11,13H,1-2,5-8,10,17H2. The molecule has 1 aromatic carbocycles. The van der Waals surface area contributed by atoms with Gasteiger partial charge >= 0.3 is 0 Å². The van der Waals surface area contributed by atoms with E-state index in [0.29, 0.717) is 6.04 Å². The summed E-state index contributed by atoms with van der Waals surface area (Å²) >= 11 is 0. The van der Waals surface area contributed by atoms with E-state index >= 15 is 0 Å². The molecule has 110 valence electrons. The first-order chi connectivity index (χ1) is 10.3. The lowest BCUT2D eigenvalue weighted by atomic mass is 10.2. The molecule has 1 unspecified atom stereocenters. The zero-order valence-corrected chi connectivity index (χ0v) is 12.2. The summed E-state index contributed by atoms with van der Waals surface area (Å²) in [5, 5.41) is 1.11. The molecule has 1 aromatic heterocycles. The average Bonchev–Trinajstić information content (AvgIpc) is 3.17. The van der Waals surface area contributed by atoms with Crippen molar-refractivity contribution < 1.29 is 0 Å². The lowest BCUT2D eigenvalue weighted by Crippen LogP contribution is -2.35. The van der Waals surface area contributed by atoms with Crippen LogP contribution in [0.4, 0.5) is 11.5 Å². The second-order valence-corrected chi connectivity index (χ2v) is 6.11. The summed E-state index contributed by atoms with van der Waals surface area (Å²) < 4.78 is 0. The molecule has 0 amide bonds. The topological polar surface area (TPSA) is 58.3 Å². The van der Waals surface area contributed by atoms with Crippen LogP contribution in [0.2, 0.25) is 0 Å². The van der Waals surface area contributed by atoms with E-state index in [1.807, 2.05) is 18.2 Å². The molecule has 0 bridgehead atoms. The number of hydrogen-bond acceptors (Lipinski definition) is 5. The van der Waals surface area contributed by atoms with E-state index in [4.69, 9.17) is 5.73 Å². The van der Waals surface area contributed by atoms with E-state index in [9.17, 15) is 0 Å². The van der Waals surface area contributed by atoms with Crippen LogP contribution in [-0.2, 0) is 0 Å².